The molecule has 4 aromatic rings. The minimum absolute atomic E-state index is 0.0939. The van der Waals surface area contributed by atoms with E-state index in [0.29, 0.717) is 23.5 Å². The van der Waals surface area contributed by atoms with E-state index in [9.17, 15) is 32.0 Å². The fourth-order valence-corrected chi connectivity index (χ4v) is 3.95. The van der Waals surface area contributed by atoms with Crippen LogP contribution in [0.25, 0.3) is 22.8 Å². The molecule has 0 aliphatic carbocycles. The van der Waals surface area contributed by atoms with Crippen LogP contribution in [0.3, 0.4) is 0 Å². The highest BCUT2D eigenvalue weighted by molar-refractivity contribution is 7.98. The van der Waals surface area contributed by atoms with Gasteiger partial charge in [0.15, 0.2) is 5.76 Å². The third kappa shape index (κ3) is 4.86. The molecular formula is C25H15F5N2O2S. The maximum atomic E-state index is 14.3. The minimum atomic E-state index is -5.00. The van der Waals surface area contributed by atoms with Crippen LogP contribution in [0.5, 0.6) is 0 Å². The molecule has 0 amide bonds. The molecule has 0 spiro atoms. The van der Waals surface area contributed by atoms with E-state index in [2.05, 4.69) is 0 Å². The molecule has 0 radical (unpaired) electrons. The van der Waals surface area contributed by atoms with Gasteiger partial charge in [-0.25, -0.2) is 8.78 Å². The molecule has 0 bridgehead atoms. The van der Waals surface area contributed by atoms with E-state index in [-0.39, 0.29) is 17.0 Å². The van der Waals surface area contributed by atoms with Gasteiger partial charge in [0, 0.05) is 22.1 Å². The molecule has 4 rings (SSSR count). The standard InChI is InChI=1S/C25H15F5N2O2S/c1-35-17-6-3-14(4-7-17)22-8-9-23(34-22)21-11-19(25(28,29)30)18(12-31)24(33)32(21)13-15-2-5-16(26)10-20(15)27/h2-11H,13H2,1H3. The first-order valence-corrected chi connectivity index (χ1v) is 11.3. The van der Waals surface area contributed by atoms with Gasteiger partial charge in [-0.15, -0.1) is 11.8 Å². The number of halogens is 5. The third-order valence-corrected chi connectivity index (χ3v) is 6.04. The van der Waals surface area contributed by atoms with Crippen molar-refractivity contribution < 1.29 is 26.4 Å². The van der Waals surface area contributed by atoms with Crippen molar-refractivity contribution in [2.24, 2.45) is 0 Å². The first kappa shape index (κ1) is 24.3. The SMILES string of the molecule is CSc1ccc(-c2ccc(-c3cc(C(F)(F)F)c(C#N)c(=O)n3Cc3ccc(F)cc3F)o2)cc1. The summed E-state index contributed by atoms with van der Waals surface area (Å²) in [5, 5.41) is 9.29. The van der Waals surface area contributed by atoms with E-state index >= 15 is 0 Å². The second-order valence-corrected chi connectivity index (χ2v) is 8.33. The summed E-state index contributed by atoms with van der Waals surface area (Å²) < 4.78 is 75.3. The molecule has 2 aromatic heterocycles. The summed E-state index contributed by atoms with van der Waals surface area (Å²) in [5.74, 6) is -1.61. The lowest BCUT2D eigenvalue weighted by atomic mass is 10.1. The number of benzene rings is 2. The first-order valence-electron chi connectivity index (χ1n) is 10.1. The number of nitrogens with zero attached hydrogens (tertiary/aromatic N) is 2. The van der Waals surface area contributed by atoms with Gasteiger partial charge in [-0.2, -0.15) is 18.4 Å². The maximum absolute atomic E-state index is 14.3. The molecule has 2 heterocycles. The number of pyridine rings is 1. The third-order valence-electron chi connectivity index (χ3n) is 5.29. The summed E-state index contributed by atoms with van der Waals surface area (Å²) in [6, 6.07) is 14.7. The summed E-state index contributed by atoms with van der Waals surface area (Å²) >= 11 is 1.53. The summed E-state index contributed by atoms with van der Waals surface area (Å²) in [6.07, 6.45) is -3.09. The van der Waals surface area contributed by atoms with Crippen LogP contribution in [0.15, 0.2) is 74.8 Å². The van der Waals surface area contributed by atoms with Crippen molar-refractivity contribution in [2.75, 3.05) is 6.26 Å². The Morgan fingerprint density at radius 3 is 2.29 bits per heavy atom. The molecule has 35 heavy (non-hydrogen) atoms. The highest BCUT2D eigenvalue weighted by Crippen LogP contribution is 2.35. The average molecular weight is 502 g/mol. The molecule has 0 N–H and O–H groups in total. The highest BCUT2D eigenvalue weighted by atomic mass is 32.2. The van der Waals surface area contributed by atoms with Gasteiger partial charge >= 0.3 is 6.18 Å². The molecule has 0 saturated heterocycles. The summed E-state index contributed by atoms with van der Waals surface area (Å²) in [7, 11) is 0. The van der Waals surface area contributed by atoms with E-state index in [0.717, 1.165) is 21.6 Å². The number of thioether (sulfide) groups is 1. The monoisotopic (exact) mass is 502 g/mol. The Hall–Kier alpha value is -3.84. The van der Waals surface area contributed by atoms with E-state index in [1.54, 1.807) is 12.1 Å². The van der Waals surface area contributed by atoms with Crippen LogP contribution in [0.4, 0.5) is 22.0 Å². The van der Waals surface area contributed by atoms with Gasteiger partial charge in [-0.05, 0) is 42.7 Å². The number of nitriles is 1. The molecular weight excluding hydrogens is 487 g/mol. The maximum Gasteiger partial charge on any atom is 0.417 e. The quantitative estimate of drug-likeness (QED) is 0.225. The van der Waals surface area contributed by atoms with Crippen molar-refractivity contribution in [3.63, 3.8) is 0 Å². The van der Waals surface area contributed by atoms with Gasteiger partial charge in [0.2, 0.25) is 0 Å². The van der Waals surface area contributed by atoms with Crippen molar-refractivity contribution in [1.29, 1.82) is 5.26 Å². The van der Waals surface area contributed by atoms with Crippen molar-refractivity contribution >= 4 is 11.8 Å². The Kier molecular flexibility index (Phi) is 6.54. The van der Waals surface area contributed by atoms with Crippen LogP contribution in [-0.2, 0) is 12.7 Å². The predicted molar refractivity (Wildman–Crippen MR) is 121 cm³/mol. The topological polar surface area (TPSA) is 58.9 Å². The lowest BCUT2D eigenvalue weighted by molar-refractivity contribution is -0.137. The van der Waals surface area contributed by atoms with Crippen LogP contribution in [0.2, 0.25) is 0 Å². The zero-order chi connectivity index (χ0) is 25.3. The number of hydrogen-bond acceptors (Lipinski definition) is 4. The second-order valence-electron chi connectivity index (χ2n) is 7.45. The van der Waals surface area contributed by atoms with Gasteiger partial charge in [0.05, 0.1) is 17.8 Å². The molecule has 2 aromatic carbocycles. The summed E-state index contributed by atoms with van der Waals surface area (Å²) in [6.45, 7) is -0.550. The zero-order valence-electron chi connectivity index (χ0n) is 18.0. The van der Waals surface area contributed by atoms with Gasteiger partial charge in [0.25, 0.3) is 5.56 Å². The van der Waals surface area contributed by atoms with Crippen LogP contribution >= 0.6 is 11.8 Å². The molecule has 4 nitrogen and oxygen atoms in total. The number of furan rings is 1. The Labute approximate surface area is 200 Å². The highest BCUT2D eigenvalue weighted by Gasteiger charge is 2.37. The Morgan fingerprint density at radius 1 is 1.00 bits per heavy atom. The van der Waals surface area contributed by atoms with Crippen LogP contribution in [-0.4, -0.2) is 10.8 Å². The van der Waals surface area contributed by atoms with Gasteiger partial charge in [-0.3, -0.25) is 9.36 Å². The van der Waals surface area contributed by atoms with E-state index in [1.807, 2.05) is 18.4 Å². The number of rotatable bonds is 5. The first-order chi connectivity index (χ1) is 16.6. The summed E-state index contributed by atoms with van der Waals surface area (Å²) in [4.78, 5) is 14.0. The van der Waals surface area contributed by atoms with Crippen LogP contribution < -0.4 is 5.56 Å². The number of aromatic nitrogens is 1. The van der Waals surface area contributed by atoms with E-state index in [1.165, 1.54) is 30.0 Å². The van der Waals surface area contributed by atoms with Crippen molar-refractivity contribution in [3.8, 4) is 28.8 Å². The second kappa shape index (κ2) is 9.43. The molecule has 178 valence electrons. The van der Waals surface area contributed by atoms with E-state index in [4.69, 9.17) is 4.42 Å². The average Bonchev–Trinajstić information content (AvgIpc) is 3.31. The molecule has 0 aliphatic rings. The van der Waals surface area contributed by atoms with Crippen LogP contribution in [0, 0.1) is 23.0 Å². The van der Waals surface area contributed by atoms with Gasteiger partial charge in [-0.1, -0.05) is 18.2 Å². The number of alkyl halides is 3. The van der Waals surface area contributed by atoms with E-state index < -0.39 is 41.0 Å². The Balaban J connectivity index is 1.91. The molecule has 0 fully saturated rings. The predicted octanol–water partition coefficient (Wildman–Crippen LogP) is 6.71. The number of hydrogen-bond donors (Lipinski definition) is 0. The molecule has 0 saturated carbocycles. The molecule has 0 atom stereocenters. The fraction of sp³-hybridized carbons (Fsp3) is 0.120. The lowest BCUT2D eigenvalue weighted by Crippen LogP contribution is -2.29. The largest absolute Gasteiger partial charge is 0.455 e. The molecule has 0 unspecified atom stereocenters. The van der Waals surface area contributed by atoms with Crippen LogP contribution in [0.1, 0.15) is 16.7 Å². The van der Waals surface area contributed by atoms with Gasteiger partial charge < -0.3 is 4.42 Å². The van der Waals surface area contributed by atoms with Crippen molar-refractivity contribution in [2.45, 2.75) is 17.6 Å². The van der Waals surface area contributed by atoms with Gasteiger partial charge in [0.1, 0.15) is 29.0 Å². The van der Waals surface area contributed by atoms with Crippen molar-refractivity contribution in [3.05, 3.63) is 99.3 Å². The fourth-order valence-electron chi connectivity index (χ4n) is 3.55. The zero-order valence-corrected chi connectivity index (χ0v) is 18.8. The smallest absolute Gasteiger partial charge is 0.417 e. The normalized spacial score (nSPS) is 11.5. The molecule has 0 aliphatic heterocycles. The Bertz CT molecular complexity index is 1500. The lowest BCUT2D eigenvalue weighted by Gasteiger charge is -2.16. The minimum Gasteiger partial charge on any atom is -0.455 e. The van der Waals surface area contributed by atoms with Crippen molar-refractivity contribution in [1.82, 2.24) is 4.57 Å². The molecule has 10 heteroatoms. The Morgan fingerprint density at radius 2 is 1.69 bits per heavy atom. The summed E-state index contributed by atoms with van der Waals surface area (Å²) in [5.41, 5.74) is -3.66.